The number of carbonyl (C=O) groups is 2. The number of sulfonamides is 1. The quantitative estimate of drug-likeness (QED) is 0.612. The van der Waals surface area contributed by atoms with Gasteiger partial charge in [0.25, 0.3) is 5.91 Å². The van der Waals surface area contributed by atoms with Crippen molar-refractivity contribution in [3.63, 3.8) is 0 Å². The molecule has 0 aromatic heterocycles. The molecule has 4 fully saturated rings. The van der Waals surface area contributed by atoms with Crippen molar-refractivity contribution in [2.24, 2.45) is 11.8 Å². The number of hydrogen-bond donors (Lipinski definition) is 0. The Morgan fingerprint density at radius 1 is 0.939 bits per heavy atom. The molecule has 0 spiro atoms. The molecule has 4 rings (SSSR count). The van der Waals surface area contributed by atoms with Crippen molar-refractivity contribution in [2.75, 3.05) is 27.2 Å². The Labute approximate surface area is 199 Å². The van der Waals surface area contributed by atoms with Gasteiger partial charge in [-0.1, -0.05) is 0 Å². The first-order chi connectivity index (χ1) is 15.6. The number of piperazine rings is 1. The van der Waals surface area contributed by atoms with Crippen LogP contribution in [0.1, 0.15) is 71.6 Å². The van der Waals surface area contributed by atoms with Crippen LogP contribution in [0.5, 0.6) is 0 Å². The van der Waals surface area contributed by atoms with Gasteiger partial charge >= 0.3 is 0 Å². The summed E-state index contributed by atoms with van der Waals surface area (Å²) in [5.74, 6) is 1.15. The first kappa shape index (κ1) is 24.9. The molecule has 8 nitrogen and oxygen atoms in total. The van der Waals surface area contributed by atoms with Crippen LogP contribution in [0.15, 0.2) is 0 Å². The third-order valence-electron chi connectivity index (χ3n) is 8.68. The summed E-state index contributed by atoms with van der Waals surface area (Å²) in [6.07, 6.45) is 7.48. The number of ether oxygens (including phenoxy) is 1. The Morgan fingerprint density at radius 3 is 2.18 bits per heavy atom. The Bertz CT molecular complexity index is 833. The summed E-state index contributed by atoms with van der Waals surface area (Å²) >= 11 is 0. The lowest BCUT2D eigenvalue weighted by atomic mass is 9.69. The second-order valence-electron chi connectivity index (χ2n) is 10.8. The van der Waals surface area contributed by atoms with Gasteiger partial charge in [-0.05, 0) is 76.5 Å². The van der Waals surface area contributed by atoms with E-state index in [4.69, 9.17) is 4.74 Å². The van der Waals surface area contributed by atoms with Gasteiger partial charge in [0.2, 0.25) is 15.9 Å². The molecule has 2 saturated heterocycles. The fourth-order valence-corrected chi connectivity index (χ4v) is 8.46. The summed E-state index contributed by atoms with van der Waals surface area (Å²) in [5.41, 5.74) is 0. The molecule has 4 unspecified atom stereocenters. The normalized spacial score (nSPS) is 37.8. The van der Waals surface area contributed by atoms with Gasteiger partial charge in [-0.15, -0.1) is 0 Å². The van der Waals surface area contributed by atoms with Crippen molar-refractivity contribution >= 4 is 21.8 Å². The van der Waals surface area contributed by atoms with Crippen LogP contribution in [0.3, 0.4) is 0 Å². The number of amides is 2. The van der Waals surface area contributed by atoms with E-state index in [0.29, 0.717) is 37.8 Å². The predicted molar refractivity (Wildman–Crippen MR) is 126 cm³/mol. The van der Waals surface area contributed by atoms with Crippen LogP contribution in [0.2, 0.25) is 0 Å². The first-order valence-electron chi connectivity index (χ1n) is 12.7. The van der Waals surface area contributed by atoms with Crippen molar-refractivity contribution in [1.82, 2.24) is 14.1 Å². The maximum atomic E-state index is 13.4. The Balaban J connectivity index is 1.48. The lowest BCUT2D eigenvalue weighted by molar-refractivity contribution is -0.160. The molecule has 0 bridgehead atoms. The van der Waals surface area contributed by atoms with E-state index in [1.165, 1.54) is 4.31 Å². The molecule has 2 aliphatic heterocycles. The van der Waals surface area contributed by atoms with Gasteiger partial charge in [-0.25, -0.2) is 12.7 Å². The third kappa shape index (κ3) is 4.82. The van der Waals surface area contributed by atoms with E-state index in [0.717, 1.165) is 44.9 Å². The van der Waals surface area contributed by atoms with Crippen molar-refractivity contribution in [3.05, 3.63) is 0 Å². The lowest BCUT2D eigenvalue weighted by Gasteiger charge is -2.55. The molecule has 33 heavy (non-hydrogen) atoms. The molecule has 0 aromatic rings. The van der Waals surface area contributed by atoms with Crippen LogP contribution < -0.4 is 0 Å². The molecule has 2 saturated carbocycles. The van der Waals surface area contributed by atoms with Crippen LogP contribution in [-0.2, 0) is 24.3 Å². The van der Waals surface area contributed by atoms with E-state index >= 15 is 0 Å². The molecular formula is C24H41N3O5S. The Morgan fingerprint density at radius 2 is 1.61 bits per heavy atom. The van der Waals surface area contributed by atoms with Crippen LogP contribution in [0.4, 0.5) is 0 Å². The number of fused-ring (bicyclic) bond motifs is 1. The van der Waals surface area contributed by atoms with Crippen LogP contribution >= 0.6 is 0 Å². The minimum Gasteiger partial charge on any atom is -0.368 e. The highest BCUT2D eigenvalue weighted by Crippen LogP contribution is 2.44. The van der Waals surface area contributed by atoms with Gasteiger partial charge in [0.1, 0.15) is 6.10 Å². The van der Waals surface area contributed by atoms with Gasteiger partial charge in [-0.3, -0.25) is 9.59 Å². The van der Waals surface area contributed by atoms with Crippen molar-refractivity contribution in [3.8, 4) is 0 Å². The number of rotatable bonds is 4. The molecule has 2 aliphatic carbocycles. The SMILES string of the molecule is CC(=O)N1C2CCC(C3CCC(S(=O)(=O)N(C)C)CC3)CC2N(C(=O)C2CCCO2)C[C@@H]1C. The second-order valence-corrected chi connectivity index (χ2v) is 13.3. The highest BCUT2D eigenvalue weighted by Gasteiger charge is 2.49. The molecule has 5 atom stereocenters. The largest absolute Gasteiger partial charge is 0.368 e. The average Bonchev–Trinajstić information content (AvgIpc) is 3.32. The fourth-order valence-electron chi connectivity index (χ4n) is 7.00. The number of nitrogens with zero attached hydrogens (tertiary/aromatic N) is 3. The average molecular weight is 484 g/mol. The Kier molecular flexibility index (Phi) is 7.41. The van der Waals surface area contributed by atoms with Gasteiger partial charge in [-0.2, -0.15) is 0 Å². The van der Waals surface area contributed by atoms with E-state index < -0.39 is 10.0 Å². The highest BCUT2D eigenvalue weighted by molar-refractivity contribution is 7.89. The second kappa shape index (κ2) is 9.82. The van der Waals surface area contributed by atoms with E-state index in [2.05, 4.69) is 0 Å². The summed E-state index contributed by atoms with van der Waals surface area (Å²) < 4.78 is 32.2. The summed E-state index contributed by atoms with van der Waals surface area (Å²) in [6.45, 7) is 4.91. The standard InChI is InChI=1S/C24H41N3O5S/c1-16-15-26(24(29)23-6-5-13-32-23)22-14-19(9-12-21(22)27(16)17(2)28)18-7-10-20(11-8-18)33(30,31)25(3)4/h16,18-23H,5-15H2,1-4H3/t16-,18?,19?,20?,21?,22?,23?/m0/s1. The van der Waals surface area contributed by atoms with Gasteiger partial charge in [0.05, 0.1) is 17.3 Å². The number of carbonyl (C=O) groups excluding carboxylic acids is 2. The zero-order chi connectivity index (χ0) is 23.9. The summed E-state index contributed by atoms with van der Waals surface area (Å²) in [7, 11) is 0.0333. The molecule has 0 N–H and O–H groups in total. The first-order valence-corrected chi connectivity index (χ1v) is 14.2. The number of hydrogen-bond acceptors (Lipinski definition) is 5. The monoisotopic (exact) mass is 483 g/mol. The lowest BCUT2D eigenvalue weighted by Crippen LogP contribution is -2.68. The van der Waals surface area contributed by atoms with Gasteiger partial charge < -0.3 is 14.5 Å². The molecule has 188 valence electrons. The highest BCUT2D eigenvalue weighted by atomic mass is 32.2. The van der Waals surface area contributed by atoms with E-state index in [1.807, 2.05) is 16.7 Å². The Hall–Kier alpha value is -1.19. The van der Waals surface area contributed by atoms with Gasteiger partial charge in [0.15, 0.2) is 0 Å². The van der Waals surface area contributed by atoms with E-state index in [1.54, 1.807) is 21.0 Å². The molecule has 4 aliphatic rings. The van der Waals surface area contributed by atoms with E-state index in [-0.39, 0.29) is 41.3 Å². The maximum absolute atomic E-state index is 13.4. The van der Waals surface area contributed by atoms with Crippen molar-refractivity contribution in [1.29, 1.82) is 0 Å². The van der Waals surface area contributed by atoms with Crippen LogP contribution in [0, 0.1) is 11.8 Å². The van der Waals surface area contributed by atoms with Crippen LogP contribution in [-0.4, -0.2) is 91.1 Å². The molecule has 0 radical (unpaired) electrons. The zero-order valence-electron chi connectivity index (χ0n) is 20.6. The molecule has 9 heteroatoms. The van der Waals surface area contributed by atoms with Crippen molar-refractivity contribution < 1.29 is 22.7 Å². The van der Waals surface area contributed by atoms with Crippen LogP contribution in [0.25, 0.3) is 0 Å². The molecule has 2 heterocycles. The van der Waals surface area contributed by atoms with E-state index in [9.17, 15) is 18.0 Å². The topological polar surface area (TPSA) is 87.2 Å². The summed E-state index contributed by atoms with van der Waals surface area (Å²) in [4.78, 5) is 30.0. The maximum Gasteiger partial charge on any atom is 0.252 e. The fraction of sp³-hybridized carbons (Fsp3) is 0.917. The summed E-state index contributed by atoms with van der Waals surface area (Å²) in [5, 5.41) is -0.276. The molecule has 0 aromatic carbocycles. The third-order valence-corrected chi connectivity index (χ3v) is 11.0. The molecule has 2 amide bonds. The smallest absolute Gasteiger partial charge is 0.252 e. The minimum absolute atomic E-state index is 0.0114. The minimum atomic E-state index is -3.20. The van der Waals surface area contributed by atoms with Crippen molar-refractivity contribution in [2.45, 2.75) is 101 Å². The molecular weight excluding hydrogens is 442 g/mol. The predicted octanol–water partition coefficient (Wildman–Crippen LogP) is 2.23. The van der Waals surface area contributed by atoms with Gasteiger partial charge in [0, 0.05) is 40.2 Å². The zero-order valence-corrected chi connectivity index (χ0v) is 21.4. The summed E-state index contributed by atoms with van der Waals surface area (Å²) in [6, 6.07) is 0.111.